The molecule has 1 aliphatic rings. The van der Waals surface area contributed by atoms with Crippen molar-refractivity contribution in [2.45, 2.75) is 68.8 Å². The highest BCUT2D eigenvalue weighted by molar-refractivity contribution is 4.95. The summed E-state index contributed by atoms with van der Waals surface area (Å²) in [7, 11) is 0. The zero-order chi connectivity index (χ0) is 19.4. The van der Waals surface area contributed by atoms with Crippen LogP contribution in [-0.2, 0) is 9.47 Å². The molecule has 0 spiro atoms. The number of hydrogen-bond donors (Lipinski definition) is 7. The molecule has 0 amide bonds. The lowest BCUT2D eigenvalue weighted by molar-refractivity contribution is -0.321. The van der Waals surface area contributed by atoms with E-state index in [-0.39, 0.29) is 6.42 Å². The zero-order valence-corrected chi connectivity index (χ0v) is 14.3. The third-order valence-electron chi connectivity index (χ3n) is 4.55. The molecule has 0 aromatic rings. The lowest BCUT2D eigenvalue weighted by Crippen LogP contribution is -2.61. The Labute approximate surface area is 145 Å². The summed E-state index contributed by atoms with van der Waals surface area (Å²) in [5.41, 5.74) is -1.97. The number of rotatable bonds is 9. The van der Waals surface area contributed by atoms with Crippen LogP contribution < -0.4 is 0 Å². The van der Waals surface area contributed by atoms with Gasteiger partial charge in [-0.15, -0.1) is 0 Å². The quantitative estimate of drug-likeness (QED) is 0.228. The molecule has 150 valence electrons. The highest BCUT2D eigenvalue weighted by atomic mass is 19.1. The summed E-state index contributed by atoms with van der Waals surface area (Å²) in [6.45, 7) is 0.471. The molecule has 0 aromatic carbocycles. The molecule has 9 atom stereocenters. The third-order valence-corrected chi connectivity index (χ3v) is 4.55. The van der Waals surface area contributed by atoms with Crippen LogP contribution in [0.5, 0.6) is 0 Å². The highest BCUT2D eigenvalue weighted by Crippen LogP contribution is 2.31. The molecule has 0 aliphatic carbocycles. The van der Waals surface area contributed by atoms with E-state index < -0.39 is 74.3 Å². The van der Waals surface area contributed by atoms with Crippen LogP contribution in [-0.4, -0.2) is 104 Å². The maximum atomic E-state index is 12.6. The predicted molar refractivity (Wildman–Crippen MR) is 82.1 cm³/mol. The van der Waals surface area contributed by atoms with E-state index in [2.05, 4.69) is 0 Å². The molecule has 1 saturated heterocycles. The van der Waals surface area contributed by atoms with Crippen LogP contribution >= 0.6 is 0 Å². The summed E-state index contributed by atoms with van der Waals surface area (Å²) >= 11 is 0. The van der Waals surface area contributed by atoms with Crippen molar-refractivity contribution in [2.24, 2.45) is 5.92 Å². The van der Waals surface area contributed by atoms with Gasteiger partial charge in [0, 0.05) is 12.3 Å². The lowest BCUT2D eigenvalue weighted by Gasteiger charge is -2.44. The van der Waals surface area contributed by atoms with E-state index in [0.717, 1.165) is 0 Å². The van der Waals surface area contributed by atoms with Crippen molar-refractivity contribution >= 4 is 0 Å². The second kappa shape index (κ2) is 9.49. The first-order valence-corrected chi connectivity index (χ1v) is 8.14. The molecule has 0 aromatic heterocycles. The first kappa shape index (κ1) is 22.6. The van der Waals surface area contributed by atoms with E-state index in [1.807, 2.05) is 0 Å². The molecular weight excluding hydrogens is 343 g/mol. The number of hydrogen-bond acceptors (Lipinski definition) is 9. The van der Waals surface area contributed by atoms with Crippen LogP contribution in [0, 0.1) is 5.92 Å². The van der Waals surface area contributed by atoms with Gasteiger partial charge in [0.15, 0.2) is 6.29 Å². The number of halogens is 1. The summed E-state index contributed by atoms with van der Waals surface area (Å²) in [6.07, 6.45) is -10.4. The fraction of sp³-hybridized carbons (Fsp3) is 1.00. The Bertz CT molecular complexity index is 401. The number of aliphatic hydroxyl groups excluding tert-OH is 6. The molecule has 1 fully saturated rings. The van der Waals surface area contributed by atoms with Crippen molar-refractivity contribution in [1.29, 1.82) is 0 Å². The minimum absolute atomic E-state index is 0.229. The molecule has 7 unspecified atom stereocenters. The smallest absolute Gasteiger partial charge is 0.187 e. The fourth-order valence-electron chi connectivity index (χ4n) is 2.65. The number of alkyl halides is 1. The second-order valence-electron chi connectivity index (χ2n) is 6.66. The summed E-state index contributed by atoms with van der Waals surface area (Å²) in [5.74, 6) is -0.911. The highest BCUT2D eigenvalue weighted by Gasteiger charge is 2.49. The van der Waals surface area contributed by atoms with E-state index in [1.54, 1.807) is 0 Å². The molecule has 1 heterocycles. The molecule has 0 radical (unpaired) electrons. The van der Waals surface area contributed by atoms with E-state index in [1.165, 1.54) is 13.8 Å². The molecule has 0 bridgehead atoms. The molecule has 9 nitrogen and oxygen atoms in total. The largest absolute Gasteiger partial charge is 0.394 e. The molecule has 0 saturated carbocycles. The minimum atomic E-state index is -1.97. The lowest BCUT2D eigenvalue weighted by atomic mass is 9.87. The van der Waals surface area contributed by atoms with Crippen molar-refractivity contribution in [3.8, 4) is 0 Å². The van der Waals surface area contributed by atoms with Crippen molar-refractivity contribution in [2.75, 3.05) is 19.9 Å². The van der Waals surface area contributed by atoms with Gasteiger partial charge < -0.3 is 45.2 Å². The molecule has 10 heteroatoms. The van der Waals surface area contributed by atoms with Crippen LogP contribution in [0.3, 0.4) is 0 Å². The maximum Gasteiger partial charge on any atom is 0.187 e. The monoisotopic (exact) mass is 372 g/mol. The second-order valence-corrected chi connectivity index (χ2v) is 6.66. The van der Waals surface area contributed by atoms with E-state index >= 15 is 0 Å². The summed E-state index contributed by atoms with van der Waals surface area (Å²) in [5, 5.41) is 68.6. The molecule has 1 rings (SSSR count). The SMILES string of the molecule is CC(O[C@H]1OC(CO)CC(O)(CO)C1O)C(O)C(O)[C@H](O)C(C)CF. The van der Waals surface area contributed by atoms with Gasteiger partial charge in [-0.25, -0.2) is 0 Å². The number of ether oxygens (including phenoxy) is 2. The Kier molecular flexibility index (Phi) is 8.58. The van der Waals surface area contributed by atoms with Gasteiger partial charge >= 0.3 is 0 Å². The molecule has 25 heavy (non-hydrogen) atoms. The van der Waals surface area contributed by atoms with Gasteiger partial charge in [0.2, 0.25) is 0 Å². The topological polar surface area (TPSA) is 160 Å². The van der Waals surface area contributed by atoms with Gasteiger partial charge in [0.1, 0.15) is 23.9 Å². The fourth-order valence-corrected chi connectivity index (χ4v) is 2.65. The first-order valence-electron chi connectivity index (χ1n) is 8.14. The molecular formula is C15H29FO9. The number of aliphatic hydroxyl groups is 7. The molecule has 7 N–H and O–H groups in total. The van der Waals surface area contributed by atoms with E-state index in [0.29, 0.717) is 0 Å². The minimum Gasteiger partial charge on any atom is -0.394 e. The third kappa shape index (κ3) is 5.28. The van der Waals surface area contributed by atoms with Crippen molar-refractivity contribution in [3.63, 3.8) is 0 Å². The summed E-state index contributed by atoms with van der Waals surface area (Å²) in [4.78, 5) is 0. The standard InChI is InChI=1S/C15H29FO9/c1-7(4-16)10(19)12(21)11(20)8(2)24-14-13(22)15(23,6-18)3-9(5-17)25-14/h7-14,17-23H,3-6H2,1-2H3/t7?,8?,9?,10-,11?,12?,13?,14+,15?/m1/s1. The van der Waals surface area contributed by atoms with Gasteiger partial charge in [-0.1, -0.05) is 6.92 Å². The summed E-state index contributed by atoms with van der Waals surface area (Å²) in [6, 6.07) is 0. The van der Waals surface area contributed by atoms with Crippen molar-refractivity contribution in [1.82, 2.24) is 0 Å². The van der Waals surface area contributed by atoms with E-state index in [9.17, 15) is 40.1 Å². The van der Waals surface area contributed by atoms with Gasteiger partial charge in [-0.2, -0.15) is 0 Å². The van der Waals surface area contributed by atoms with Crippen molar-refractivity contribution < 1.29 is 49.6 Å². The van der Waals surface area contributed by atoms with Crippen LogP contribution in [0.1, 0.15) is 20.3 Å². The average Bonchev–Trinajstić information content (AvgIpc) is 2.62. The van der Waals surface area contributed by atoms with Crippen LogP contribution in [0.25, 0.3) is 0 Å². The Hall–Kier alpha value is -0.430. The zero-order valence-electron chi connectivity index (χ0n) is 14.3. The van der Waals surface area contributed by atoms with Gasteiger partial charge in [0.25, 0.3) is 0 Å². The first-order chi connectivity index (χ1) is 11.6. The van der Waals surface area contributed by atoms with Crippen LogP contribution in [0.4, 0.5) is 4.39 Å². The van der Waals surface area contributed by atoms with Crippen LogP contribution in [0.2, 0.25) is 0 Å². The van der Waals surface area contributed by atoms with E-state index in [4.69, 9.17) is 9.47 Å². The molecule has 1 aliphatic heterocycles. The average molecular weight is 372 g/mol. The van der Waals surface area contributed by atoms with Crippen LogP contribution in [0.15, 0.2) is 0 Å². The maximum absolute atomic E-state index is 12.6. The van der Waals surface area contributed by atoms with Gasteiger partial charge in [-0.05, 0) is 6.92 Å². The van der Waals surface area contributed by atoms with Gasteiger partial charge in [-0.3, -0.25) is 4.39 Å². The van der Waals surface area contributed by atoms with Gasteiger partial charge in [0.05, 0.1) is 38.2 Å². The Morgan fingerprint density at radius 1 is 1.16 bits per heavy atom. The Morgan fingerprint density at radius 3 is 2.24 bits per heavy atom. The predicted octanol–water partition coefficient (Wildman–Crippen LogP) is -2.73. The van der Waals surface area contributed by atoms with Crippen molar-refractivity contribution in [3.05, 3.63) is 0 Å². The normalized spacial score (nSPS) is 36.5. The Morgan fingerprint density at radius 2 is 1.76 bits per heavy atom. The summed E-state index contributed by atoms with van der Waals surface area (Å²) < 4.78 is 23.2. The Balaban J connectivity index is 2.77.